The monoisotopic (exact) mass is 386 g/mol. The Hall–Kier alpha value is -3.13. The molecule has 0 spiro atoms. The molecule has 0 aliphatic carbocycles. The summed E-state index contributed by atoms with van der Waals surface area (Å²) in [5.74, 6) is 0.124. The summed E-state index contributed by atoms with van der Waals surface area (Å²) in [7, 11) is 0. The lowest BCUT2D eigenvalue weighted by Gasteiger charge is -2.21. The third-order valence-corrected chi connectivity index (χ3v) is 4.09. The Morgan fingerprint density at radius 3 is 2.25 bits per heavy atom. The number of nitrogens with zero attached hydrogens (tertiary/aromatic N) is 1. The quantitative estimate of drug-likeness (QED) is 0.614. The van der Waals surface area contributed by atoms with Gasteiger partial charge in [-0.1, -0.05) is 0 Å². The van der Waals surface area contributed by atoms with Gasteiger partial charge in [0.15, 0.2) is 0 Å². The highest BCUT2D eigenvalue weighted by Gasteiger charge is 2.17. The molecule has 0 radical (unpaired) electrons. The van der Waals surface area contributed by atoms with Crippen LogP contribution in [0.5, 0.6) is 0 Å². The van der Waals surface area contributed by atoms with Gasteiger partial charge in [0.2, 0.25) is 17.7 Å². The van der Waals surface area contributed by atoms with Crippen LogP contribution in [0.3, 0.4) is 0 Å². The van der Waals surface area contributed by atoms with Crippen LogP contribution in [-0.2, 0) is 14.4 Å². The number of furan rings is 1. The minimum Gasteiger partial charge on any atom is -0.468 e. The highest BCUT2D eigenvalue weighted by Crippen LogP contribution is 2.14. The molecule has 0 fully saturated rings. The molecular weight excluding hydrogens is 360 g/mol. The number of anilines is 2. The van der Waals surface area contributed by atoms with E-state index in [0.29, 0.717) is 17.9 Å². The zero-order valence-corrected chi connectivity index (χ0v) is 16.3. The predicted octanol–water partition coefficient (Wildman–Crippen LogP) is 2.38. The fraction of sp³-hybridized carbons (Fsp3) is 0.350. The molecule has 1 aromatic carbocycles. The number of hydrogen-bond acceptors (Lipinski definition) is 5. The average molecular weight is 386 g/mol. The summed E-state index contributed by atoms with van der Waals surface area (Å²) in [6.45, 7) is 5.64. The largest absolute Gasteiger partial charge is 0.468 e. The van der Waals surface area contributed by atoms with E-state index in [1.807, 2.05) is 19.9 Å². The van der Waals surface area contributed by atoms with Gasteiger partial charge in [0.25, 0.3) is 0 Å². The molecule has 0 unspecified atom stereocenters. The Balaban J connectivity index is 1.82. The third kappa shape index (κ3) is 6.55. The Bertz CT molecular complexity index is 787. The summed E-state index contributed by atoms with van der Waals surface area (Å²) < 4.78 is 5.30. The second kappa shape index (κ2) is 10.3. The minimum absolute atomic E-state index is 0.0421. The van der Waals surface area contributed by atoms with Crippen LogP contribution < -0.4 is 16.0 Å². The number of carbonyl (C=O) groups is 3. The maximum Gasteiger partial charge on any atom is 0.243 e. The minimum atomic E-state index is -0.290. The molecule has 1 atom stereocenters. The van der Waals surface area contributed by atoms with Crippen LogP contribution in [0.1, 0.15) is 32.6 Å². The molecule has 3 amide bonds. The molecule has 2 rings (SSSR count). The molecule has 0 aliphatic rings. The standard InChI is InChI=1S/C20H26N4O4/c1-4-24(20(27)12-21-14(2)18-6-5-11-28-18)13-19(26)23-17-9-7-16(8-10-17)22-15(3)25/h5-11,14,21H,4,12-13H2,1-3H3,(H,22,25)(H,23,26)/t14-/m1/s1. The van der Waals surface area contributed by atoms with Crippen molar-refractivity contribution in [2.75, 3.05) is 30.3 Å². The number of benzene rings is 1. The van der Waals surface area contributed by atoms with Crippen molar-refractivity contribution in [3.8, 4) is 0 Å². The van der Waals surface area contributed by atoms with E-state index >= 15 is 0 Å². The van der Waals surface area contributed by atoms with Crippen LogP contribution in [0.25, 0.3) is 0 Å². The van der Waals surface area contributed by atoms with Crippen molar-refractivity contribution in [3.05, 3.63) is 48.4 Å². The lowest BCUT2D eigenvalue weighted by molar-refractivity contribution is -0.133. The van der Waals surface area contributed by atoms with Crippen molar-refractivity contribution in [3.63, 3.8) is 0 Å². The molecule has 8 nitrogen and oxygen atoms in total. The highest BCUT2D eigenvalue weighted by molar-refractivity contribution is 5.95. The van der Waals surface area contributed by atoms with Crippen molar-refractivity contribution in [1.82, 2.24) is 10.2 Å². The van der Waals surface area contributed by atoms with Crippen LogP contribution in [0.4, 0.5) is 11.4 Å². The van der Waals surface area contributed by atoms with Crippen molar-refractivity contribution in [2.45, 2.75) is 26.8 Å². The van der Waals surface area contributed by atoms with Gasteiger partial charge in [-0.2, -0.15) is 0 Å². The molecule has 150 valence electrons. The molecule has 1 aromatic heterocycles. The Labute approximate surface area is 164 Å². The Morgan fingerprint density at radius 2 is 1.71 bits per heavy atom. The van der Waals surface area contributed by atoms with Gasteiger partial charge >= 0.3 is 0 Å². The fourth-order valence-corrected chi connectivity index (χ4v) is 2.58. The molecular formula is C20H26N4O4. The zero-order chi connectivity index (χ0) is 20.5. The van der Waals surface area contributed by atoms with Crippen molar-refractivity contribution < 1.29 is 18.8 Å². The van der Waals surface area contributed by atoms with Gasteiger partial charge in [0.05, 0.1) is 25.4 Å². The number of rotatable bonds is 9. The van der Waals surface area contributed by atoms with E-state index in [0.717, 1.165) is 5.76 Å². The van der Waals surface area contributed by atoms with Gasteiger partial charge in [-0.15, -0.1) is 0 Å². The summed E-state index contributed by atoms with van der Waals surface area (Å²) >= 11 is 0. The first kappa shape index (κ1) is 21.2. The summed E-state index contributed by atoms with van der Waals surface area (Å²) in [6.07, 6.45) is 1.58. The second-order valence-corrected chi connectivity index (χ2v) is 6.33. The SMILES string of the molecule is CCN(CC(=O)Nc1ccc(NC(C)=O)cc1)C(=O)CN[C@H](C)c1ccco1. The molecule has 28 heavy (non-hydrogen) atoms. The van der Waals surface area contributed by atoms with Gasteiger partial charge in [-0.05, 0) is 50.2 Å². The van der Waals surface area contributed by atoms with Gasteiger partial charge in [0, 0.05) is 24.8 Å². The summed E-state index contributed by atoms with van der Waals surface area (Å²) in [5, 5.41) is 8.50. The summed E-state index contributed by atoms with van der Waals surface area (Å²) in [4.78, 5) is 37.2. The van der Waals surface area contributed by atoms with Gasteiger partial charge in [0.1, 0.15) is 5.76 Å². The Kier molecular flexibility index (Phi) is 7.76. The van der Waals surface area contributed by atoms with E-state index in [1.54, 1.807) is 36.6 Å². The normalized spacial score (nSPS) is 11.5. The second-order valence-electron chi connectivity index (χ2n) is 6.33. The summed E-state index contributed by atoms with van der Waals surface area (Å²) in [6, 6.07) is 10.3. The van der Waals surface area contributed by atoms with Crippen molar-refractivity contribution in [1.29, 1.82) is 0 Å². The van der Waals surface area contributed by atoms with Crippen LogP contribution >= 0.6 is 0 Å². The highest BCUT2D eigenvalue weighted by atomic mass is 16.3. The smallest absolute Gasteiger partial charge is 0.243 e. The first-order valence-corrected chi connectivity index (χ1v) is 9.11. The van der Waals surface area contributed by atoms with Gasteiger partial charge < -0.3 is 20.0 Å². The van der Waals surface area contributed by atoms with Crippen LogP contribution in [-0.4, -0.2) is 42.3 Å². The van der Waals surface area contributed by atoms with Crippen LogP contribution in [0.15, 0.2) is 47.1 Å². The van der Waals surface area contributed by atoms with E-state index in [9.17, 15) is 14.4 Å². The topological polar surface area (TPSA) is 104 Å². The van der Waals surface area contributed by atoms with E-state index in [2.05, 4.69) is 16.0 Å². The van der Waals surface area contributed by atoms with Gasteiger partial charge in [-0.3, -0.25) is 19.7 Å². The first-order valence-electron chi connectivity index (χ1n) is 9.11. The number of likely N-dealkylation sites (N-methyl/N-ethyl adjacent to an activating group) is 1. The fourth-order valence-electron chi connectivity index (χ4n) is 2.58. The van der Waals surface area contributed by atoms with E-state index in [-0.39, 0.29) is 36.9 Å². The average Bonchev–Trinajstić information content (AvgIpc) is 3.20. The van der Waals surface area contributed by atoms with Gasteiger partial charge in [-0.25, -0.2) is 0 Å². The number of hydrogen-bond donors (Lipinski definition) is 3. The molecule has 0 saturated carbocycles. The molecule has 1 heterocycles. The lowest BCUT2D eigenvalue weighted by Crippen LogP contribution is -2.42. The maximum atomic E-state index is 12.4. The lowest BCUT2D eigenvalue weighted by atomic mass is 10.2. The van der Waals surface area contributed by atoms with Crippen molar-refractivity contribution in [2.24, 2.45) is 0 Å². The molecule has 3 N–H and O–H groups in total. The van der Waals surface area contributed by atoms with E-state index < -0.39 is 0 Å². The molecule has 0 saturated heterocycles. The Morgan fingerprint density at radius 1 is 1.07 bits per heavy atom. The molecule has 0 bridgehead atoms. The number of carbonyl (C=O) groups excluding carboxylic acids is 3. The number of amides is 3. The molecule has 0 aliphatic heterocycles. The van der Waals surface area contributed by atoms with E-state index in [4.69, 9.17) is 4.42 Å². The van der Waals surface area contributed by atoms with Crippen molar-refractivity contribution >= 4 is 29.1 Å². The van der Waals surface area contributed by atoms with Crippen LogP contribution in [0.2, 0.25) is 0 Å². The summed E-state index contributed by atoms with van der Waals surface area (Å²) in [5.41, 5.74) is 1.24. The maximum absolute atomic E-state index is 12.4. The zero-order valence-electron chi connectivity index (χ0n) is 16.3. The molecule has 2 aromatic rings. The third-order valence-electron chi connectivity index (χ3n) is 4.09. The molecule has 8 heteroatoms. The van der Waals surface area contributed by atoms with Crippen LogP contribution in [0, 0.1) is 0 Å². The predicted molar refractivity (Wildman–Crippen MR) is 107 cm³/mol. The van der Waals surface area contributed by atoms with E-state index in [1.165, 1.54) is 11.8 Å². The number of nitrogens with one attached hydrogen (secondary N) is 3. The first-order chi connectivity index (χ1) is 13.4.